The average Bonchev–Trinajstić information content (AvgIpc) is 3.32. The van der Waals surface area contributed by atoms with E-state index in [1.54, 1.807) is 36.3 Å². The molecule has 0 bridgehead atoms. The number of carbonyl (C=O) groups excluding carboxylic acids is 1. The number of rotatable bonds is 6. The van der Waals surface area contributed by atoms with Gasteiger partial charge in [0.05, 0.1) is 7.11 Å². The van der Waals surface area contributed by atoms with Gasteiger partial charge in [-0.15, -0.1) is 0 Å². The maximum absolute atomic E-state index is 12.7. The highest BCUT2D eigenvalue weighted by Crippen LogP contribution is 2.34. The zero-order valence-corrected chi connectivity index (χ0v) is 19.5. The first-order valence-corrected chi connectivity index (χ1v) is 11.7. The van der Waals surface area contributed by atoms with Crippen molar-refractivity contribution in [2.24, 2.45) is 0 Å². The molecule has 3 heterocycles. The summed E-state index contributed by atoms with van der Waals surface area (Å²) in [4.78, 5) is 31.0. The zero-order valence-electron chi connectivity index (χ0n) is 18.7. The summed E-state index contributed by atoms with van der Waals surface area (Å²) in [5.74, 6) is 2.25. The van der Waals surface area contributed by atoms with E-state index in [2.05, 4.69) is 14.9 Å². The second kappa shape index (κ2) is 9.52. The smallest absolute Gasteiger partial charge is 0.260 e. The Morgan fingerprint density at radius 2 is 1.68 bits per heavy atom. The maximum atomic E-state index is 12.7. The van der Waals surface area contributed by atoms with Crippen LogP contribution in [0.25, 0.3) is 20.9 Å². The number of hydrogen-bond donors (Lipinski definition) is 1. The number of methoxy groups -OCH3 is 1. The lowest BCUT2D eigenvalue weighted by Gasteiger charge is -2.35. The Kier molecular flexibility index (Phi) is 6.13. The summed E-state index contributed by atoms with van der Waals surface area (Å²) in [6, 6.07) is 17.2. The Morgan fingerprint density at radius 1 is 0.971 bits per heavy atom. The number of amides is 1. The van der Waals surface area contributed by atoms with Gasteiger partial charge in [0, 0.05) is 31.7 Å². The first kappa shape index (κ1) is 21.9. The van der Waals surface area contributed by atoms with Gasteiger partial charge in [0.25, 0.3) is 5.91 Å². The SMILES string of the molecule is COc1ccc(OCC(=O)N2CCN(c3nc(N)nc4sc(-c5ccccc5)nc34)CC2)cc1. The van der Waals surface area contributed by atoms with Crippen LogP contribution in [-0.2, 0) is 4.79 Å². The van der Waals surface area contributed by atoms with Gasteiger partial charge >= 0.3 is 0 Å². The third-order valence-electron chi connectivity index (χ3n) is 5.63. The van der Waals surface area contributed by atoms with E-state index in [1.165, 1.54) is 11.3 Å². The minimum Gasteiger partial charge on any atom is -0.497 e. The minimum atomic E-state index is -0.0529. The van der Waals surface area contributed by atoms with E-state index in [1.807, 2.05) is 30.3 Å². The number of nitrogens with zero attached hydrogens (tertiary/aromatic N) is 5. The van der Waals surface area contributed by atoms with Crippen molar-refractivity contribution in [3.05, 3.63) is 54.6 Å². The van der Waals surface area contributed by atoms with E-state index < -0.39 is 0 Å². The number of benzene rings is 2. The predicted molar refractivity (Wildman–Crippen MR) is 132 cm³/mol. The number of carbonyl (C=O) groups is 1. The van der Waals surface area contributed by atoms with E-state index in [0.717, 1.165) is 26.7 Å². The fourth-order valence-electron chi connectivity index (χ4n) is 3.82. The monoisotopic (exact) mass is 476 g/mol. The van der Waals surface area contributed by atoms with Crippen molar-refractivity contribution in [3.63, 3.8) is 0 Å². The van der Waals surface area contributed by atoms with Crippen molar-refractivity contribution in [2.45, 2.75) is 0 Å². The quantitative estimate of drug-likeness (QED) is 0.453. The van der Waals surface area contributed by atoms with Crippen molar-refractivity contribution >= 4 is 39.4 Å². The van der Waals surface area contributed by atoms with Gasteiger partial charge < -0.3 is 25.0 Å². The lowest BCUT2D eigenvalue weighted by Crippen LogP contribution is -2.50. The maximum Gasteiger partial charge on any atom is 0.260 e. The largest absolute Gasteiger partial charge is 0.497 e. The molecule has 1 saturated heterocycles. The molecule has 2 N–H and O–H groups in total. The number of anilines is 2. The van der Waals surface area contributed by atoms with E-state index in [-0.39, 0.29) is 18.5 Å². The predicted octanol–water partition coefficient (Wildman–Crippen LogP) is 3.07. The molecule has 2 aromatic heterocycles. The second-order valence-corrected chi connectivity index (χ2v) is 8.75. The molecule has 2 aromatic carbocycles. The Labute approximate surface area is 200 Å². The molecule has 1 fully saturated rings. The fourth-order valence-corrected chi connectivity index (χ4v) is 4.77. The van der Waals surface area contributed by atoms with E-state index in [0.29, 0.717) is 37.7 Å². The molecule has 34 heavy (non-hydrogen) atoms. The number of piperazine rings is 1. The van der Waals surface area contributed by atoms with Gasteiger partial charge in [-0.2, -0.15) is 4.98 Å². The van der Waals surface area contributed by atoms with E-state index in [9.17, 15) is 4.79 Å². The van der Waals surface area contributed by atoms with Crippen LogP contribution in [0.2, 0.25) is 0 Å². The Morgan fingerprint density at radius 3 is 2.38 bits per heavy atom. The van der Waals surface area contributed by atoms with Crippen LogP contribution in [0.1, 0.15) is 0 Å². The van der Waals surface area contributed by atoms with Crippen LogP contribution in [0.5, 0.6) is 11.5 Å². The molecule has 4 aromatic rings. The molecule has 0 atom stereocenters. The van der Waals surface area contributed by atoms with Gasteiger partial charge in [-0.3, -0.25) is 4.79 Å². The Balaban J connectivity index is 1.25. The third kappa shape index (κ3) is 4.58. The normalized spacial score (nSPS) is 13.8. The molecule has 9 nitrogen and oxygen atoms in total. The molecule has 0 aliphatic carbocycles. The van der Waals surface area contributed by atoms with Gasteiger partial charge in [-0.1, -0.05) is 41.7 Å². The average molecular weight is 477 g/mol. The molecular weight excluding hydrogens is 452 g/mol. The molecule has 0 spiro atoms. The summed E-state index contributed by atoms with van der Waals surface area (Å²) in [5.41, 5.74) is 7.78. The lowest BCUT2D eigenvalue weighted by atomic mass is 10.2. The number of ether oxygens (including phenoxy) is 2. The number of hydrogen-bond acceptors (Lipinski definition) is 9. The van der Waals surface area contributed by atoms with Gasteiger partial charge in [0.1, 0.15) is 22.0 Å². The number of nitrogen functional groups attached to an aromatic ring is 1. The summed E-state index contributed by atoms with van der Waals surface area (Å²) >= 11 is 1.50. The number of fused-ring (bicyclic) bond motifs is 1. The van der Waals surface area contributed by atoms with Crippen LogP contribution in [0.4, 0.5) is 11.8 Å². The summed E-state index contributed by atoms with van der Waals surface area (Å²) in [6.45, 7) is 2.36. The van der Waals surface area contributed by atoms with Crippen molar-refractivity contribution in [1.29, 1.82) is 0 Å². The van der Waals surface area contributed by atoms with E-state index in [4.69, 9.17) is 20.2 Å². The van der Waals surface area contributed by atoms with Gasteiger partial charge in [-0.05, 0) is 24.3 Å². The first-order valence-electron chi connectivity index (χ1n) is 10.9. The molecule has 0 unspecified atom stereocenters. The van der Waals surface area contributed by atoms with Crippen molar-refractivity contribution in [3.8, 4) is 22.1 Å². The zero-order chi connectivity index (χ0) is 23.5. The van der Waals surface area contributed by atoms with Crippen molar-refractivity contribution in [2.75, 3.05) is 50.5 Å². The van der Waals surface area contributed by atoms with E-state index >= 15 is 0 Å². The number of thiazole rings is 1. The summed E-state index contributed by atoms with van der Waals surface area (Å²) < 4.78 is 10.8. The molecule has 1 aliphatic heterocycles. The van der Waals surface area contributed by atoms with Crippen LogP contribution in [0.15, 0.2) is 54.6 Å². The van der Waals surface area contributed by atoms with Crippen LogP contribution in [0, 0.1) is 0 Å². The highest BCUT2D eigenvalue weighted by molar-refractivity contribution is 7.21. The lowest BCUT2D eigenvalue weighted by molar-refractivity contribution is -0.133. The van der Waals surface area contributed by atoms with Crippen molar-refractivity contribution in [1.82, 2.24) is 19.9 Å². The molecule has 10 heteroatoms. The molecular formula is C24H24N6O3S. The topological polar surface area (TPSA) is 107 Å². The van der Waals surface area contributed by atoms with Gasteiger partial charge in [-0.25, -0.2) is 9.97 Å². The second-order valence-electron chi connectivity index (χ2n) is 7.78. The third-order valence-corrected chi connectivity index (χ3v) is 6.63. The Hall–Kier alpha value is -3.92. The summed E-state index contributed by atoms with van der Waals surface area (Å²) in [7, 11) is 1.61. The molecule has 174 valence electrons. The standard InChI is InChI=1S/C24H24N6O3S/c1-32-17-7-9-18(10-8-17)33-15-19(31)29-11-13-30(14-12-29)21-20-23(28-24(25)27-21)34-22(26-20)16-5-3-2-4-6-16/h2-10H,11-15H2,1H3,(H2,25,27,28). The molecule has 5 rings (SSSR count). The molecule has 0 saturated carbocycles. The van der Waals surface area contributed by atoms with Crippen LogP contribution in [0.3, 0.4) is 0 Å². The summed E-state index contributed by atoms with van der Waals surface area (Å²) in [5, 5.41) is 0.876. The highest BCUT2D eigenvalue weighted by Gasteiger charge is 2.25. The minimum absolute atomic E-state index is 0.0104. The molecule has 1 amide bonds. The van der Waals surface area contributed by atoms with Gasteiger partial charge in [0.15, 0.2) is 17.3 Å². The van der Waals surface area contributed by atoms with Crippen molar-refractivity contribution < 1.29 is 14.3 Å². The first-order chi connectivity index (χ1) is 16.6. The molecule has 0 radical (unpaired) electrons. The van der Waals surface area contributed by atoms with Crippen LogP contribution >= 0.6 is 11.3 Å². The molecule has 1 aliphatic rings. The van der Waals surface area contributed by atoms with Crippen LogP contribution < -0.4 is 20.1 Å². The summed E-state index contributed by atoms with van der Waals surface area (Å²) in [6.07, 6.45) is 0. The fraction of sp³-hybridized carbons (Fsp3) is 0.250. The van der Waals surface area contributed by atoms with Crippen LogP contribution in [-0.4, -0.2) is 65.7 Å². The van der Waals surface area contributed by atoms with Gasteiger partial charge in [0.2, 0.25) is 5.95 Å². The highest BCUT2D eigenvalue weighted by atomic mass is 32.1. The number of aromatic nitrogens is 3. The number of nitrogens with two attached hydrogens (primary N) is 1. The Bertz CT molecular complexity index is 1290.